The van der Waals surface area contributed by atoms with Crippen LogP contribution in [0, 0.1) is 0 Å². The monoisotopic (exact) mass is 462 g/mol. The molecule has 2 aliphatic heterocycles. The molecule has 2 aromatic heterocycles. The van der Waals surface area contributed by atoms with Crippen LogP contribution in [-0.2, 0) is 6.54 Å². The van der Waals surface area contributed by atoms with Crippen LogP contribution in [0.2, 0.25) is 0 Å². The normalized spacial score (nSPS) is 17.9. The van der Waals surface area contributed by atoms with Gasteiger partial charge in [-0.1, -0.05) is 30.3 Å². The number of hydrogen-bond donors (Lipinski definition) is 2. The topological polar surface area (TPSA) is 125 Å². The molecule has 10 heteroatoms. The number of nitrogens with zero attached hydrogens (tertiary/aromatic N) is 6. The van der Waals surface area contributed by atoms with Gasteiger partial charge in [0, 0.05) is 37.4 Å². The first kappa shape index (κ1) is 22.0. The van der Waals surface area contributed by atoms with Gasteiger partial charge in [-0.2, -0.15) is 0 Å². The lowest BCUT2D eigenvalue weighted by Crippen LogP contribution is -2.61. The fourth-order valence-electron chi connectivity index (χ4n) is 5.01. The van der Waals surface area contributed by atoms with Gasteiger partial charge in [-0.25, -0.2) is 19.7 Å². The van der Waals surface area contributed by atoms with E-state index in [1.54, 1.807) is 16.8 Å². The van der Waals surface area contributed by atoms with E-state index in [0.29, 0.717) is 56.2 Å². The Morgan fingerprint density at radius 3 is 2.47 bits per heavy atom. The maximum absolute atomic E-state index is 13.1. The van der Waals surface area contributed by atoms with Crippen LogP contribution in [-0.4, -0.2) is 65.9 Å². The van der Waals surface area contributed by atoms with Crippen LogP contribution in [0.1, 0.15) is 30.9 Å². The van der Waals surface area contributed by atoms with E-state index in [-0.39, 0.29) is 12.1 Å². The molecule has 2 N–H and O–H groups in total. The summed E-state index contributed by atoms with van der Waals surface area (Å²) in [5.74, 6) is 0.478. The second-order valence-electron chi connectivity index (χ2n) is 8.81. The molecule has 0 bridgehead atoms. The van der Waals surface area contributed by atoms with Crippen molar-refractivity contribution >= 4 is 12.0 Å². The number of fused-ring (bicyclic) bond motifs is 1. The van der Waals surface area contributed by atoms with Crippen LogP contribution >= 0.6 is 0 Å². The molecule has 0 radical (unpaired) electrons. The van der Waals surface area contributed by atoms with Crippen molar-refractivity contribution in [2.75, 3.05) is 24.5 Å². The number of aromatic nitrogens is 4. The molecule has 2 aliphatic rings. The first-order chi connectivity index (χ1) is 16.5. The van der Waals surface area contributed by atoms with Crippen molar-refractivity contribution in [2.24, 2.45) is 0 Å². The standard InChI is InChI=1S/C24H26N6O4/c31-20(17-4-2-1-3-5-17)15-30-22-27-19(18-6-10-25-16-26-18)14-21(32)29(22)13-9-24(30)7-11-28(12-8-24)23(33)34/h1-6,10,14,16,20,31H,7-9,11-13,15H2,(H,33,34)/t20-/m0/s1. The van der Waals surface area contributed by atoms with Gasteiger partial charge in [-0.3, -0.25) is 9.36 Å². The molecule has 1 spiro atoms. The number of likely N-dealkylation sites (tertiary alicyclic amines) is 1. The number of rotatable bonds is 4. The number of piperidine rings is 1. The van der Waals surface area contributed by atoms with E-state index in [0.717, 1.165) is 5.56 Å². The maximum atomic E-state index is 13.1. The Morgan fingerprint density at radius 1 is 1.06 bits per heavy atom. The Kier molecular flexibility index (Phi) is 5.74. The zero-order valence-electron chi connectivity index (χ0n) is 18.6. The van der Waals surface area contributed by atoms with Gasteiger partial charge in [0.15, 0.2) is 0 Å². The lowest BCUT2D eigenvalue weighted by molar-refractivity contribution is 0.0981. The number of β-amino-alcohol motifs (C(OH)–C–C–N with tert-alkyl or cyclic N) is 1. The summed E-state index contributed by atoms with van der Waals surface area (Å²) >= 11 is 0. The van der Waals surface area contributed by atoms with E-state index in [4.69, 9.17) is 4.98 Å². The van der Waals surface area contributed by atoms with Gasteiger partial charge in [0.1, 0.15) is 6.33 Å². The van der Waals surface area contributed by atoms with Gasteiger partial charge in [0.25, 0.3) is 5.56 Å². The summed E-state index contributed by atoms with van der Waals surface area (Å²) in [5.41, 5.74) is 1.16. The summed E-state index contributed by atoms with van der Waals surface area (Å²) in [6, 6.07) is 12.6. The fourth-order valence-corrected chi connectivity index (χ4v) is 5.01. The molecule has 4 heterocycles. The summed E-state index contributed by atoms with van der Waals surface area (Å²) in [6.45, 7) is 1.50. The maximum Gasteiger partial charge on any atom is 0.407 e. The van der Waals surface area contributed by atoms with E-state index in [2.05, 4.69) is 9.97 Å². The molecule has 10 nitrogen and oxygen atoms in total. The predicted octanol–water partition coefficient (Wildman–Crippen LogP) is 2.16. The van der Waals surface area contributed by atoms with Crippen molar-refractivity contribution in [3.63, 3.8) is 0 Å². The molecule has 0 saturated carbocycles. The SMILES string of the molecule is O=C(O)N1CCC2(CC1)CCn1c(nc(-c3ccncn3)cc1=O)N2C[C@H](O)c1ccccc1. The van der Waals surface area contributed by atoms with E-state index >= 15 is 0 Å². The minimum absolute atomic E-state index is 0.185. The van der Waals surface area contributed by atoms with Gasteiger partial charge < -0.3 is 20.0 Å². The third kappa shape index (κ3) is 4.01. The molecule has 34 heavy (non-hydrogen) atoms. The zero-order valence-corrected chi connectivity index (χ0v) is 18.6. The largest absolute Gasteiger partial charge is 0.465 e. The summed E-state index contributed by atoms with van der Waals surface area (Å²) in [4.78, 5) is 41.1. The molecule has 5 rings (SSSR count). The average Bonchev–Trinajstić information content (AvgIpc) is 2.87. The minimum atomic E-state index is -0.928. The van der Waals surface area contributed by atoms with E-state index in [9.17, 15) is 19.8 Å². The van der Waals surface area contributed by atoms with Gasteiger partial charge in [-0.15, -0.1) is 0 Å². The molecule has 3 aromatic rings. The molecule has 1 amide bonds. The van der Waals surface area contributed by atoms with Crippen LogP contribution in [0.25, 0.3) is 11.4 Å². The van der Waals surface area contributed by atoms with Gasteiger partial charge in [0.05, 0.1) is 24.0 Å². The Balaban J connectivity index is 1.57. The van der Waals surface area contributed by atoms with Crippen molar-refractivity contribution in [3.8, 4) is 11.4 Å². The zero-order chi connectivity index (χ0) is 23.7. The predicted molar refractivity (Wildman–Crippen MR) is 124 cm³/mol. The molecular weight excluding hydrogens is 436 g/mol. The first-order valence-electron chi connectivity index (χ1n) is 11.3. The lowest BCUT2D eigenvalue weighted by Gasteiger charge is -2.52. The number of hydrogen-bond acceptors (Lipinski definition) is 7. The molecule has 0 aliphatic carbocycles. The highest BCUT2D eigenvalue weighted by Gasteiger charge is 2.45. The van der Waals surface area contributed by atoms with Gasteiger partial charge in [-0.05, 0) is 30.9 Å². The summed E-state index contributed by atoms with van der Waals surface area (Å²) < 4.78 is 1.64. The first-order valence-corrected chi connectivity index (χ1v) is 11.3. The summed E-state index contributed by atoms with van der Waals surface area (Å²) in [6.07, 6.45) is 3.13. The molecule has 1 saturated heterocycles. The number of anilines is 1. The van der Waals surface area contributed by atoms with Crippen molar-refractivity contribution < 1.29 is 15.0 Å². The summed E-state index contributed by atoms with van der Waals surface area (Å²) in [7, 11) is 0. The molecule has 1 atom stereocenters. The van der Waals surface area contributed by atoms with Crippen molar-refractivity contribution in [1.29, 1.82) is 0 Å². The molecule has 1 fully saturated rings. The smallest absolute Gasteiger partial charge is 0.407 e. The van der Waals surface area contributed by atoms with Crippen molar-refractivity contribution in [1.82, 2.24) is 24.4 Å². The van der Waals surface area contributed by atoms with Crippen LogP contribution in [0.4, 0.5) is 10.7 Å². The quantitative estimate of drug-likeness (QED) is 0.604. The Morgan fingerprint density at radius 2 is 1.79 bits per heavy atom. The number of amides is 1. The molecule has 176 valence electrons. The van der Waals surface area contributed by atoms with Gasteiger partial charge in [0.2, 0.25) is 5.95 Å². The number of benzene rings is 1. The number of carboxylic acid groups (broad SMARTS) is 1. The molecular formula is C24H26N6O4. The highest BCUT2D eigenvalue weighted by Crippen LogP contribution is 2.40. The molecule has 0 unspecified atom stereocenters. The van der Waals surface area contributed by atoms with E-state index in [1.165, 1.54) is 17.3 Å². The Labute approximate surface area is 196 Å². The second kappa shape index (κ2) is 8.86. The van der Waals surface area contributed by atoms with Crippen molar-refractivity contribution in [3.05, 3.63) is 70.9 Å². The van der Waals surface area contributed by atoms with E-state index < -0.39 is 17.7 Å². The third-order valence-electron chi connectivity index (χ3n) is 6.95. The molecule has 1 aromatic carbocycles. The van der Waals surface area contributed by atoms with E-state index in [1.807, 2.05) is 35.2 Å². The highest BCUT2D eigenvalue weighted by atomic mass is 16.4. The van der Waals surface area contributed by atoms with Crippen molar-refractivity contribution in [2.45, 2.75) is 37.5 Å². The Hall–Kier alpha value is -3.79. The second-order valence-corrected chi connectivity index (χ2v) is 8.81. The average molecular weight is 463 g/mol. The van der Waals surface area contributed by atoms with Crippen LogP contribution < -0.4 is 10.5 Å². The van der Waals surface area contributed by atoms with Crippen LogP contribution in [0.3, 0.4) is 0 Å². The lowest BCUT2D eigenvalue weighted by atomic mass is 9.81. The number of carbonyl (C=O) groups is 1. The fraction of sp³-hybridized carbons (Fsp3) is 0.375. The highest BCUT2D eigenvalue weighted by molar-refractivity contribution is 5.65. The minimum Gasteiger partial charge on any atom is -0.465 e. The number of aliphatic hydroxyl groups excluding tert-OH is 1. The van der Waals surface area contributed by atoms with Crippen LogP contribution in [0.15, 0.2) is 59.8 Å². The summed E-state index contributed by atoms with van der Waals surface area (Å²) in [5, 5.41) is 20.6. The Bertz CT molecular complexity index is 1230. The van der Waals surface area contributed by atoms with Crippen LogP contribution in [0.5, 0.6) is 0 Å². The number of aliphatic hydroxyl groups is 1. The third-order valence-corrected chi connectivity index (χ3v) is 6.95. The van der Waals surface area contributed by atoms with Gasteiger partial charge >= 0.3 is 6.09 Å².